The van der Waals surface area contributed by atoms with Gasteiger partial charge in [-0.2, -0.15) is 0 Å². The van der Waals surface area contributed by atoms with E-state index in [0.29, 0.717) is 11.8 Å². The molecule has 5 heteroatoms. The van der Waals surface area contributed by atoms with E-state index in [0.717, 1.165) is 55.3 Å². The van der Waals surface area contributed by atoms with Crippen LogP contribution in [0.3, 0.4) is 0 Å². The fourth-order valence-corrected chi connectivity index (χ4v) is 4.50. The minimum atomic E-state index is -0.533. The Morgan fingerprint density at radius 1 is 1.25 bits per heavy atom. The molecule has 0 N–H and O–H groups in total. The lowest BCUT2D eigenvalue weighted by molar-refractivity contribution is -0.155. The average molecular weight is 390 g/mol. The Morgan fingerprint density at radius 2 is 1.93 bits per heavy atom. The molecule has 0 spiro atoms. The first kappa shape index (κ1) is 21.1. The molecule has 0 bridgehead atoms. The molecular formula is C23H35NO4. The van der Waals surface area contributed by atoms with Gasteiger partial charge in [-0.25, -0.2) is 0 Å². The van der Waals surface area contributed by atoms with Crippen molar-refractivity contribution >= 4 is 12.3 Å². The Hall–Kier alpha value is -1.65. The second kappa shape index (κ2) is 8.38. The maximum Gasteiger partial charge on any atom is 0.306 e. The molecule has 1 heterocycles. The fraction of sp³-hybridized carbons (Fsp3) is 0.783. The molecule has 5 nitrogen and oxygen atoms in total. The minimum absolute atomic E-state index is 0.169. The van der Waals surface area contributed by atoms with Crippen LogP contribution in [0.1, 0.15) is 114 Å². The maximum atomic E-state index is 12.4. The smallest absolute Gasteiger partial charge is 0.306 e. The molecule has 156 valence electrons. The molecule has 2 fully saturated rings. The Morgan fingerprint density at radius 3 is 2.46 bits per heavy atom. The van der Waals surface area contributed by atoms with Crippen LogP contribution < -0.4 is 0 Å². The van der Waals surface area contributed by atoms with E-state index in [-0.39, 0.29) is 24.7 Å². The van der Waals surface area contributed by atoms with Gasteiger partial charge in [0.15, 0.2) is 0 Å². The SMILES string of the molecule is CC(C)CC1CC(c2onc([C@@H](CC=O)CC(=O)OC(C)(C)C)c2C2CC2)C1. The lowest BCUT2D eigenvalue weighted by Gasteiger charge is -2.35. The first-order valence-corrected chi connectivity index (χ1v) is 10.8. The van der Waals surface area contributed by atoms with Crippen molar-refractivity contribution in [1.29, 1.82) is 0 Å². The van der Waals surface area contributed by atoms with Crippen LogP contribution in [0.2, 0.25) is 0 Å². The number of ether oxygens (including phenoxy) is 1. The van der Waals surface area contributed by atoms with Crippen LogP contribution in [0.15, 0.2) is 4.52 Å². The van der Waals surface area contributed by atoms with Gasteiger partial charge in [0, 0.05) is 23.8 Å². The molecule has 0 saturated heterocycles. The first-order valence-electron chi connectivity index (χ1n) is 10.8. The van der Waals surface area contributed by atoms with Crippen molar-refractivity contribution in [1.82, 2.24) is 5.16 Å². The Kier molecular flexibility index (Phi) is 6.31. The molecule has 2 saturated carbocycles. The van der Waals surface area contributed by atoms with Crippen LogP contribution in [0.25, 0.3) is 0 Å². The Bertz CT molecular complexity index is 690. The van der Waals surface area contributed by atoms with Crippen molar-refractivity contribution in [2.24, 2.45) is 11.8 Å². The van der Waals surface area contributed by atoms with Gasteiger partial charge >= 0.3 is 5.97 Å². The van der Waals surface area contributed by atoms with Gasteiger partial charge in [0.1, 0.15) is 17.6 Å². The van der Waals surface area contributed by atoms with Crippen molar-refractivity contribution in [3.63, 3.8) is 0 Å². The van der Waals surface area contributed by atoms with Crippen molar-refractivity contribution in [2.45, 2.75) is 103 Å². The zero-order valence-corrected chi connectivity index (χ0v) is 18.0. The highest BCUT2D eigenvalue weighted by Crippen LogP contribution is 2.52. The van der Waals surface area contributed by atoms with Crippen LogP contribution >= 0.6 is 0 Å². The third kappa shape index (κ3) is 5.24. The van der Waals surface area contributed by atoms with Gasteiger partial charge in [0.05, 0.1) is 12.1 Å². The number of hydrogen-bond donors (Lipinski definition) is 0. The molecular weight excluding hydrogens is 354 g/mol. The summed E-state index contributed by atoms with van der Waals surface area (Å²) in [5, 5.41) is 4.39. The maximum absolute atomic E-state index is 12.4. The molecule has 28 heavy (non-hydrogen) atoms. The summed E-state index contributed by atoms with van der Waals surface area (Å²) in [5.41, 5.74) is 1.49. The molecule has 1 aromatic heterocycles. The third-order valence-electron chi connectivity index (χ3n) is 5.78. The minimum Gasteiger partial charge on any atom is -0.460 e. The molecule has 0 unspecified atom stereocenters. The lowest BCUT2D eigenvalue weighted by atomic mass is 9.69. The van der Waals surface area contributed by atoms with E-state index in [1.807, 2.05) is 20.8 Å². The predicted molar refractivity (Wildman–Crippen MR) is 107 cm³/mol. The van der Waals surface area contributed by atoms with Crippen LogP contribution in [0.4, 0.5) is 0 Å². The van der Waals surface area contributed by atoms with Gasteiger partial charge in [-0.15, -0.1) is 0 Å². The van der Waals surface area contributed by atoms with Gasteiger partial charge < -0.3 is 14.1 Å². The van der Waals surface area contributed by atoms with E-state index in [9.17, 15) is 9.59 Å². The highest BCUT2D eigenvalue weighted by atomic mass is 16.6. The topological polar surface area (TPSA) is 69.4 Å². The number of aromatic nitrogens is 1. The molecule has 1 atom stereocenters. The molecule has 2 aliphatic rings. The third-order valence-corrected chi connectivity index (χ3v) is 5.78. The second-order valence-electron chi connectivity index (χ2n) is 10.2. The number of rotatable bonds is 9. The molecule has 0 aliphatic heterocycles. The first-order chi connectivity index (χ1) is 13.2. The van der Waals surface area contributed by atoms with Crippen molar-refractivity contribution in [2.75, 3.05) is 0 Å². The van der Waals surface area contributed by atoms with Gasteiger partial charge in [-0.3, -0.25) is 4.79 Å². The largest absolute Gasteiger partial charge is 0.460 e. The lowest BCUT2D eigenvalue weighted by Crippen LogP contribution is -2.25. The predicted octanol–water partition coefficient (Wildman–Crippen LogP) is 5.50. The Labute approximate surface area is 168 Å². The number of hydrogen-bond acceptors (Lipinski definition) is 5. The Balaban J connectivity index is 1.75. The van der Waals surface area contributed by atoms with E-state index in [1.54, 1.807) is 0 Å². The normalized spacial score (nSPS) is 23.4. The van der Waals surface area contributed by atoms with Crippen LogP contribution in [-0.4, -0.2) is 23.0 Å². The quantitative estimate of drug-likeness (QED) is 0.412. The van der Waals surface area contributed by atoms with Crippen molar-refractivity contribution < 1.29 is 18.8 Å². The highest BCUT2D eigenvalue weighted by molar-refractivity contribution is 5.72. The second-order valence-corrected chi connectivity index (χ2v) is 10.2. The molecule has 0 radical (unpaired) electrons. The summed E-state index contributed by atoms with van der Waals surface area (Å²) in [6.07, 6.45) is 7.19. The summed E-state index contributed by atoms with van der Waals surface area (Å²) in [4.78, 5) is 23.7. The molecule has 2 aliphatic carbocycles. The number of carbonyl (C=O) groups is 2. The van der Waals surface area contributed by atoms with Gasteiger partial charge in [-0.1, -0.05) is 19.0 Å². The number of esters is 1. The average Bonchev–Trinajstić information content (AvgIpc) is 3.27. The standard InChI is InChI=1S/C23H35NO4/c1-14(2)10-15-11-18(12-15)22-20(16-6-7-16)21(24-28-22)17(8-9-25)13-19(26)27-23(3,4)5/h9,14-18H,6-8,10-13H2,1-5H3/t15?,17-,18?/m0/s1. The zero-order chi connectivity index (χ0) is 20.5. The zero-order valence-electron chi connectivity index (χ0n) is 18.0. The molecule has 1 aromatic rings. The van der Waals surface area contributed by atoms with Crippen LogP contribution in [0.5, 0.6) is 0 Å². The summed E-state index contributed by atoms with van der Waals surface area (Å²) in [6, 6.07) is 0. The summed E-state index contributed by atoms with van der Waals surface area (Å²) in [5.74, 6) is 2.91. The van der Waals surface area contributed by atoms with E-state index >= 15 is 0 Å². The number of aldehydes is 1. The van der Waals surface area contributed by atoms with Crippen molar-refractivity contribution in [3.05, 3.63) is 17.0 Å². The van der Waals surface area contributed by atoms with Gasteiger partial charge in [-0.05, 0) is 70.6 Å². The van der Waals surface area contributed by atoms with E-state index < -0.39 is 5.60 Å². The van der Waals surface area contributed by atoms with E-state index in [1.165, 1.54) is 12.0 Å². The summed E-state index contributed by atoms with van der Waals surface area (Å²) in [6.45, 7) is 10.1. The summed E-state index contributed by atoms with van der Waals surface area (Å²) >= 11 is 0. The van der Waals surface area contributed by atoms with E-state index in [2.05, 4.69) is 19.0 Å². The number of carbonyl (C=O) groups excluding carboxylic acids is 2. The molecule has 0 amide bonds. The number of nitrogens with zero attached hydrogens (tertiary/aromatic N) is 1. The summed E-state index contributed by atoms with van der Waals surface area (Å²) in [7, 11) is 0. The summed E-state index contributed by atoms with van der Waals surface area (Å²) < 4.78 is 11.3. The van der Waals surface area contributed by atoms with Gasteiger partial charge in [0.2, 0.25) is 0 Å². The van der Waals surface area contributed by atoms with Crippen molar-refractivity contribution in [3.8, 4) is 0 Å². The fourth-order valence-electron chi connectivity index (χ4n) is 4.50. The van der Waals surface area contributed by atoms with Gasteiger partial charge in [0.25, 0.3) is 0 Å². The van der Waals surface area contributed by atoms with Crippen LogP contribution in [-0.2, 0) is 14.3 Å². The van der Waals surface area contributed by atoms with Crippen LogP contribution in [0, 0.1) is 11.8 Å². The monoisotopic (exact) mass is 389 g/mol. The highest BCUT2D eigenvalue weighted by Gasteiger charge is 2.41. The van der Waals surface area contributed by atoms with E-state index in [4.69, 9.17) is 9.26 Å². The molecule has 3 rings (SSSR count). The molecule has 0 aromatic carbocycles.